The molecule has 0 spiro atoms. The Morgan fingerprint density at radius 2 is 2.05 bits per heavy atom. The Hall–Kier alpha value is -1.36. The monoisotopic (exact) mass is 262 g/mol. The Morgan fingerprint density at radius 3 is 2.74 bits per heavy atom. The first kappa shape index (κ1) is 14.1. The lowest BCUT2D eigenvalue weighted by Crippen LogP contribution is -2.21. The van der Waals surface area contributed by atoms with E-state index >= 15 is 0 Å². The Balaban J connectivity index is 2.16. The smallest absolute Gasteiger partial charge is 0.0949 e. The van der Waals surface area contributed by atoms with Gasteiger partial charge in [-0.05, 0) is 29.1 Å². The quantitative estimate of drug-likeness (QED) is 0.739. The summed E-state index contributed by atoms with van der Waals surface area (Å²) >= 11 is 0. The molecule has 0 saturated carbocycles. The fourth-order valence-electron chi connectivity index (χ4n) is 2.13. The average Bonchev–Trinajstić information content (AvgIpc) is 2.78. The molecule has 104 valence electrons. The number of fused-ring (bicyclic) bond motifs is 1. The van der Waals surface area contributed by atoms with Crippen LogP contribution in [0.3, 0.4) is 0 Å². The number of hydrogen-bond acceptors (Lipinski definition) is 3. The zero-order chi connectivity index (χ0) is 13.8. The summed E-state index contributed by atoms with van der Waals surface area (Å²) in [5, 5.41) is 23.0. The Bertz CT molecular complexity index is 534. The summed E-state index contributed by atoms with van der Waals surface area (Å²) in [4.78, 5) is 0. The molecule has 1 heterocycles. The van der Waals surface area contributed by atoms with Crippen LogP contribution in [0.4, 0.5) is 0 Å². The Kier molecular flexibility index (Phi) is 4.58. The van der Waals surface area contributed by atoms with Gasteiger partial charge in [-0.2, -0.15) is 0 Å². The predicted molar refractivity (Wildman–Crippen MR) is 77.0 cm³/mol. The van der Waals surface area contributed by atoms with Crippen LogP contribution in [0.25, 0.3) is 10.9 Å². The van der Waals surface area contributed by atoms with Crippen molar-refractivity contribution in [3.63, 3.8) is 0 Å². The van der Waals surface area contributed by atoms with E-state index in [-0.39, 0.29) is 6.61 Å². The number of hydrogen-bond donors (Lipinski definition) is 3. The van der Waals surface area contributed by atoms with Gasteiger partial charge in [0.15, 0.2) is 0 Å². The largest absolute Gasteiger partial charge is 0.394 e. The maximum Gasteiger partial charge on any atom is 0.0949 e. The van der Waals surface area contributed by atoms with Crippen molar-refractivity contribution in [2.45, 2.75) is 39.1 Å². The molecule has 3 N–H and O–H groups in total. The van der Waals surface area contributed by atoms with Crippen molar-refractivity contribution in [2.75, 3.05) is 6.61 Å². The highest BCUT2D eigenvalue weighted by Crippen LogP contribution is 2.18. The molecule has 4 heteroatoms. The lowest BCUT2D eigenvalue weighted by molar-refractivity contribution is 0.0822. The van der Waals surface area contributed by atoms with Gasteiger partial charge in [0.1, 0.15) is 0 Å². The van der Waals surface area contributed by atoms with Gasteiger partial charge in [0.05, 0.1) is 19.3 Å². The van der Waals surface area contributed by atoms with Crippen molar-refractivity contribution in [1.82, 2.24) is 9.88 Å². The second-order valence-electron chi connectivity index (χ2n) is 5.23. The number of aliphatic hydroxyl groups excluding tert-OH is 2. The fourth-order valence-corrected chi connectivity index (χ4v) is 2.13. The number of rotatable bonds is 6. The Labute approximate surface area is 113 Å². The molecule has 0 saturated heterocycles. The van der Waals surface area contributed by atoms with Gasteiger partial charge >= 0.3 is 0 Å². The zero-order valence-corrected chi connectivity index (χ0v) is 11.5. The lowest BCUT2D eigenvalue weighted by Gasteiger charge is -2.11. The number of aromatic nitrogens is 1. The van der Waals surface area contributed by atoms with Crippen LogP contribution in [-0.2, 0) is 13.1 Å². The SMILES string of the molecule is CC(C)NCc1ccc2c(ccn2CC(O)CO)c1. The summed E-state index contributed by atoms with van der Waals surface area (Å²) in [5.74, 6) is 0. The van der Waals surface area contributed by atoms with Crippen molar-refractivity contribution in [1.29, 1.82) is 0 Å². The van der Waals surface area contributed by atoms with E-state index in [4.69, 9.17) is 5.11 Å². The van der Waals surface area contributed by atoms with E-state index in [1.807, 2.05) is 16.8 Å². The van der Waals surface area contributed by atoms with Crippen molar-refractivity contribution >= 4 is 10.9 Å². The highest BCUT2D eigenvalue weighted by molar-refractivity contribution is 5.80. The van der Waals surface area contributed by atoms with Gasteiger partial charge in [0.25, 0.3) is 0 Å². The molecule has 0 fully saturated rings. The molecule has 1 aromatic carbocycles. The van der Waals surface area contributed by atoms with E-state index in [1.54, 1.807) is 0 Å². The van der Waals surface area contributed by atoms with Gasteiger partial charge in [0, 0.05) is 24.3 Å². The van der Waals surface area contributed by atoms with Crippen LogP contribution in [0.15, 0.2) is 30.5 Å². The molecule has 19 heavy (non-hydrogen) atoms. The molecule has 0 bridgehead atoms. The van der Waals surface area contributed by atoms with E-state index in [2.05, 4.69) is 37.4 Å². The second kappa shape index (κ2) is 6.19. The van der Waals surface area contributed by atoms with Crippen LogP contribution in [0.5, 0.6) is 0 Å². The normalized spacial score (nSPS) is 13.3. The lowest BCUT2D eigenvalue weighted by atomic mass is 10.1. The zero-order valence-electron chi connectivity index (χ0n) is 11.5. The summed E-state index contributed by atoms with van der Waals surface area (Å²) < 4.78 is 1.97. The number of nitrogens with zero attached hydrogens (tertiary/aromatic N) is 1. The molecule has 0 aliphatic rings. The third-order valence-corrected chi connectivity index (χ3v) is 3.17. The van der Waals surface area contributed by atoms with E-state index in [9.17, 15) is 5.11 Å². The van der Waals surface area contributed by atoms with Crippen LogP contribution < -0.4 is 5.32 Å². The molecule has 1 atom stereocenters. The third kappa shape index (κ3) is 3.56. The molecule has 2 aromatic rings. The van der Waals surface area contributed by atoms with Gasteiger partial charge < -0.3 is 20.1 Å². The van der Waals surface area contributed by atoms with E-state index < -0.39 is 6.10 Å². The van der Waals surface area contributed by atoms with Crippen LogP contribution >= 0.6 is 0 Å². The van der Waals surface area contributed by atoms with Gasteiger partial charge in [-0.25, -0.2) is 0 Å². The number of benzene rings is 1. The van der Waals surface area contributed by atoms with E-state index in [0.717, 1.165) is 17.4 Å². The van der Waals surface area contributed by atoms with Crippen molar-refractivity contribution in [3.8, 4) is 0 Å². The van der Waals surface area contributed by atoms with Crippen molar-refractivity contribution in [2.24, 2.45) is 0 Å². The first-order valence-corrected chi connectivity index (χ1v) is 6.70. The van der Waals surface area contributed by atoms with Gasteiger partial charge in [-0.1, -0.05) is 19.9 Å². The molecule has 0 aliphatic carbocycles. The predicted octanol–water partition coefficient (Wildman–Crippen LogP) is 1.49. The molecular weight excluding hydrogens is 240 g/mol. The van der Waals surface area contributed by atoms with E-state index in [1.165, 1.54) is 5.56 Å². The van der Waals surface area contributed by atoms with Crippen LogP contribution in [0.1, 0.15) is 19.4 Å². The van der Waals surface area contributed by atoms with Gasteiger partial charge in [-0.15, -0.1) is 0 Å². The highest BCUT2D eigenvalue weighted by Gasteiger charge is 2.07. The summed E-state index contributed by atoms with van der Waals surface area (Å²) in [7, 11) is 0. The maximum absolute atomic E-state index is 9.51. The minimum absolute atomic E-state index is 0.212. The van der Waals surface area contributed by atoms with Crippen LogP contribution in [-0.4, -0.2) is 33.5 Å². The third-order valence-electron chi connectivity index (χ3n) is 3.17. The van der Waals surface area contributed by atoms with Crippen molar-refractivity contribution in [3.05, 3.63) is 36.0 Å². The van der Waals surface area contributed by atoms with Gasteiger partial charge in [0.2, 0.25) is 0 Å². The molecule has 4 nitrogen and oxygen atoms in total. The average molecular weight is 262 g/mol. The maximum atomic E-state index is 9.51. The van der Waals surface area contributed by atoms with E-state index in [0.29, 0.717) is 12.6 Å². The second-order valence-corrected chi connectivity index (χ2v) is 5.23. The Morgan fingerprint density at radius 1 is 1.26 bits per heavy atom. The summed E-state index contributed by atoms with van der Waals surface area (Å²) in [5.41, 5.74) is 2.34. The fraction of sp³-hybridized carbons (Fsp3) is 0.467. The van der Waals surface area contributed by atoms with Gasteiger partial charge in [-0.3, -0.25) is 0 Å². The van der Waals surface area contributed by atoms with Crippen molar-refractivity contribution < 1.29 is 10.2 Å². The highest BCUT2D eigenvalue weighted by atomic mass is 16.3. The molecule has 1 aromatic heterocycles. The topological polar surface area (TPSA) is 57.4 Å². The number of aliphatic hydroxyl groups is 2. The molecule has 0 amide bonds. The first-order chi connectivity index (χ1) is 9.10. The van der Waals surface area contributed by atoms with Crippen LogP contribution in [0.2, 0.25) is 0 Å². The minimum Gasteiger partial charge on any atom is -0.394 e. The molecule has 2 rings (SSSR count). The standard InChI is InChI=1S/C15H22N2O2/c1-11(2)16-8-12-3-4-15-13(7-12)5-6-17(15)9-14(19)10-18/h3-7,11,14,16,18-19H,8-10H2,1-2H3. The summed E-state index contributed by atoms with van der Waals surface area (Å²) in [6, 6.07) is 8.83. The summed E-state index contributed by atoms with van der Waals surface area (Å²) in [6.07, 6.45) is 1.24. The number of nitrogens with one attached hydrogen (secondary N) is 1. The van der Waals surface area contributed by atoms with Crippen LogP contribution in [0, 0.1) is 0 Å². The minimum atomic E-state index is -0.710. The molecule has 0 radical (unpaired) electrons. The first-order valence-electron chi connectivity index (χ1n) is 6.70. The molecule has 1 unspecified atom stereocenters. The molecule has 0 aliphatic heterocycles. The summed E-state index contributed by atoms with van der Waals surface area (Å²) in [6.45, 7) is 5.33. The molecular formula is C15H22N2O2.